The molecule has 0 aromatic heterocycles. The number of nitrogens with zero attached hydrogens (tertiary/aromatic N) is 1. The smallest absolute Gasteiger partial charge is 0.141 e. The Bertz CT molecular complexity index is 215. The predicted molar refractivity (Wildman–Crippen MR) is 62.3 cm³/mol. The average Bonchev–Trinajstić information content (AvgIpc) is 2.50. The van der Waals surface area contributed by atoms with Crippen molar-refractivity contribution in [3.8, 4) is 0 Å². The molecule has 2 rings (SSSR count). The lowest BCUT2D eigenvalue weighted by atomic mass is 10.00. The van der Waals surface area contributed by atoms with E-state index in [9.17, 15) is 4.79 Å². The minimum Gasteiger partial charge on any atom is -0.380 e. The Kier molecular flexibility index (Phi) is 4.47. The van der Waals surface area contributed by atoms with Crippen molar-refractivity contribution in [2.75, 3.05) is 44.4 Å². The van der Waals surface area contributed by atoms with E-state index in [4.69, 9.17) is 4.74 Å². The number of carbonyl (C=O) groups is 1. The first kappa shape index (κ1) is 11.4. The highest BCUT2D eigenvalue weighted by atomic mass is 32.2. The molecule has 0 N–H and O–H groups in total. The van der Waals surface area contributed by atoms with E-state index in [1.165, 1.54) is 17.9 Å². The van der Waals surface area contributed by atoms with E-state index in [0.717, 1.165) is 19.6 Å². The van der Waals surface area contributed by atoms with Gasteiger partial charge in [0.1, 0.15) is 5.78 Å². The molecule has 2 aliphatic rings. The van der Waals surface area contributed by atoms with Crippen LogP contribution < -0.4 is 0 Å². The van der Waals surface area contributed by atoms with Crippen LogP contribution in [-0.2, 0) is 9.53 Å². The van der Waals surface area contributed by atoms with Gasteiger partial charge in [0.25, 0.3) is 0 Å². The number of carbonyl (C=O) groups excluding carboxylic acids is 1. The van der Waals surface area contributed by atoms with Crippen LogP contribution in [0, 0.1) is 5.92 Å². The summed E-state index contributed by atoms with van der Waals surface area (Å²) in [4.78, 5) is 14.1. The molecule has 3 nitrogen and oxygen atoms in total. The van der Waals surface area contributed by atoms with E-state index in [-0.39, 0.29) is 5.92 Å². The van der Waals surface area contributed by atoms with Crippen LogP contribution in [0.25, 0.3) is 0 Å². The highest BCUT2D eigenvalue weighted by Gasteiger charge is 2.25. The number of Topliss-reactive ketones (excluding diaryl/α,β-unsaturated/α-hetero) is 1. The first-order chi connectivity index (χ1) is 7.36. The van der Waals surface area contributed by atoms with Crippen molar-refractivity contribution >= 4 is 17.5 Å². The van der Waals surface area contributed by atoms with E-state index >= 15 is 0 Å². The van der Waals surface area contributed by atoms with E-state index in [1.54, 1.807) is 0 Å². The molecule has 0 spiro atoms. The minimum atomic E-state index is 0.141. The average molecular weight is 229 g/mol. The van der Waals surface area contributed by atoms with Crippen LogP contribution in [0.2, 0.25) is 0 Å². The molecular weight excluding hydrogens is 210 g/mol. The largest absolute Gasteiger partial charge is 0.380 e. The zero-order valence-electron chi connectivity index (χ0n) is 9.11. The van der Waals surface area contributed by atoms with Gasteiger partial charge in [-0.05, 0) is 18.7 Å². The third kappa shape index (κ3) is 3.47. The number of hydrogen-bond donors (Lipinski definition) is 0. The van der Waals surface area contributed by atoms with Crippen LogP contribution in [0.15, 0.2) is 0 Å². The van der Waals surface area contributed by atoms with Gasteiger partial charge in [0, 0.05) is 25.3 Å². The van der Waals surface area contributed by atoms with Gasteiger partial charge in [0.05, 0.1) is 19.1 Å². The molecule has 0 aliphatic carbocycles. The first-order valence-electron chi connectivity index (χ1n) is 5.77. The highest BCUT2D eigenvalue weighted by Crippen LogP contribution is 2.15. The fourth-order valence-corrected chi connectivity index (χ4v) is 3.07. The quantitative estimate of drug-likeness (QED) is 0.707. The fraction of sp³-hybridized carbons (Fsp3) is 0.909. The summed E-state index contributed by atoms with van der Waals surface area (Å²) >= 11 is 2.02. The summed E-state index contributed by atoms with van der Waals surface area (Å²) < 4.78 is 5.37. The van der Waals surface area contributed by atoms with E-state index in [1.807, 2.05) is 11.8 Å². The van der Waals surface area contributed by atoms with Gasteiger partial charge in [0.2, 0.25) is 0 Å². The summed E-state index contributed by atoms with van der Waals surface area (Å²) in [5.74, 6) is 3.02. The zero-order valence-corrected chi connectivity index (χ0v) is 9.93. The topological polar surface area (TPSA) is 29.5 Å². The standard InChI is InChI=1S/C11H19NO2S/c13-11-2-5-14-9-10(11)8-12-3-1-6-15-7-4-12/h10H,1-9H2. The molecule has 2 heterocycles. The van der Waals surface area contributed by atoms with Crippen molar-refractivity contribution in [2.24, 2.45) is 5.92 Å². The highest BCUT2D eigenvalue weighted by molar-refractivity contribution is 7.99. The third-order valence-corrected chi connectivity index (χ3v) is 4.11. The van der Waals surface area contributed by atoms with E-state index in [2.05, 4.69) is 4.90 Å². The molecule has 1 unspecified atom stereocenters. The predicted octanol–water partition coefficient (Wildman–Crippen LogP) is 1.03. The van der Waals surface area contributed by atoms with Crippen molar-refractivity contribution in [3.05, 3.63) is 0 Å². The summed E-state index contributed by atoms with van der Waals surface area (Å²) in [5, 5.41) is 0. The first-order valence-corrected chi connectivity index (χ1v) is 6.92. The lowest BCUT2D eigenvalue weighted by Crippen LogP contribution is -2.39. The van der Waals surface area contributed by atoms with Gasteiger partial charge in [-0.1, -0.05) is 0 Å². The van der Waals surface area contributed by atoms with E-state index < -0.39 is 0 Å². The lowest BCUT2D eigenvalue weighted by Gasteiger charge is -2.27. The molecule has 0 radical (unpaired) electrons. The van der Waals surface area contributed by atoms with Crippen molar-refractivity contribution in [2.45, 2.75) is 12.8 Å². The SMILES string of the molecule is O=C1CCOCC1CN1CCCSCC1. The normalized spacial score (nSPS) is 30.1. The Hall–Kier alpha value is -0.0600. The van der Waals surface area contributed by atoms with Gasteiger partial charge < -0.3 is 9.64 Å². The van der Waals surface area contributed by atoms with Gasteiger partial charge in [-0.2, -0.15) is 11.8 Å². The Balaban J connectivity index is 1.80. The number of ketones is 1. The van der Waals surface area contributed by atoms with Crippen LogP contribution in [0.4, 0.5) is 0 Å². The molecule has 4 heteroatoms. The summed E-state index contributed by atoms with van der Waals surface area (Å²) in [5.41, 5.74) is 0. The Labute approximate surface area is 95.5 Å². The van der Waals surface area contributed by atoms with Crippen LogP contribution in [0.5, 0.6) is 0 Å². The van der Waals surface area contributed by atoms with Gasteiger partial charge >= 0.3 is 0 Å². The third-order valence-electron chi connectivity index (χ3n) is 3.06. The molecule has 15 heavy (non-hydrogen) atoms. The zero-order chi connectivity index (χ0) is 10.5. The molecule has 2 aliphatic heterocycles. The second kappa shape index (κ2) is 5.87. The van der Waals surface area contributed by atoms with Crippen molar-refractivity contribution in [3.63, 3.8) is 0 Å². The van der Waals surface area contributed by atoms with Gasteiger partial charge in [-0.3, -0.25) is 4.79 Å². The summed E-state index contributed by atoms with van der Waals surface area (Å²) in [6, 6.07) is 0. The van der Waals surface area contributed by atoms with Crippen molar-refractivity contribution in [1.29, 1.82) is 0 Å². The monoisotopic (exact) mass is 229 g/mol. The molecule has 1 atom stereocenters. The van der Waals surface area contributed by atoms with Gasteiger partial charge in [-0.15, -0.1) is 0 Å². The number of rotatable bonds is 2. The van der Waals surface area contributed by atoms with E-state index in [0.29, 0.717) is 25.4 Å². The van der Waals surface area contributed by atoms with Crippen LogP contribution in [0.3, 0.4) is 0 Å². The maximum Gasteiger partial charge on any atom is 0.141 e. The summed E-state index contributed by atoms with van der Waals surface area (Å²) in [7, 11) is 0. The van der Waals surface area contributed by atoms with Crippen LogP contribution in [0.1, 0.15) is 12.8 Å². The maximum absolute atomic E-state index is 11.6. The Morgan fingerprint density at radius 3 is 3.20 bits per heavy atom. The van der Waals surface area contributed by atoms with Crippen LogP contribution >= 0.6 is 11.8 Å². The molecule has 0 bridgehead atoms. The maximum atomic E-state index is 11.6. The molecule has 86 valence electrons. The molecule has 0 aromatic rings. The number of thioether (sulfide) groups is 1. The lowest BCUT2D eigenvalue weighted by molar-refractivity contribution is -0.131. The van der Waals surface area contributed by atoms with Crippen molar-refractivity contribution < 1.29 is 9.53 Å². The number of ether oxygens (including phenoxy) is 1. The fourth-order valence-electron chi connectivity index (χ4n) is 2.14. The molecule has 2 fully saturated rings. The summed E-state index contributed by atoms with van der Waals surface area (Å²) in [6.07, 6.45) is 1.87. The molecular formula is C11H19NO2S. The minimum absolute atomic E-state index is 0.141. The number of hydrogen-bond acceptors (Lipinski definition) is 4. The molecule has 0 saturated carbocycles. The second-order valence-corrected chi connectivity index (χ2v) is 5.48. The Morgan fingerprint density at radius 2 is 2.33 bits per heavy atom. The second-order valence-electron chi connectivity index (χ2n) is 4.25. The Morgan fingerprint density at radius 1 is 1.40 bits per heavy atom. The molecule has 2 saturated heterocycles. The van der Waals surface area contributed by atoms with Crippen molar-refractivity contribution in [1.82, 2.24) is 4.90 Å². The summed E-state index contributed by atoms with van der Waals surface area (Å²) in [6.45, 7) is 4.47. The van der Waals surface area contributed by atoms with Crippen LogP contribution in [-0.4, -0.2) is 55.0 Å². The molecule has 0 amide bonds. The van der Waals surface area contributed by atoms with Gasteiger partial charge in [0.15, 0.2) is 0 Å². The van der Waals surface area contributed by atoms with Gasteiger partial charge in [-0.25, -0.2) is 0 Å². The molecule has 0 aromatic carbocycles.